The molecule has 130 valence electrons. The minimum absolute atomic E-state index is 0.102. The molecule has 6 nitrogen and oxygen atoms in total. The minimum atomic E-state index is -0.482. The molecule has 1 aliphatic heterocycles. The van der Waals surface area contributed by atoms with Gasteiger partial charge in [-0.05, 0) is 24.3 Å². The highest BCUT2D eigenvalue weighted by Crippen LogP contribution is 2.36. The van der Waals surface area contributed by atoms with Gasteiger partial charge in [0.1, 0.15) is 13.2 Å². The average molecular weight is 361 g/mol. The van der Waals surface area contributed by atoms with Crippen LogP contribution < -0.4 is 20.1 Å². The number of rotatable bonds is 4. The zero-order chi connectivity index (χ0) is 17.8. The molecule has 2 aromatic rings. The number of urea groups is 1. The van der Waals surface area contributed by atoms with E-state index in [4.69, 9.17) is 21.1 Å². The number of Topliss-reactive ketones (excluding diaryl/α,β-unsaturated/α-hetero) is 1. The van der Waals surface area contributed by atoms with Gasteiger partial charge in [-0.2, -0.15) is 0 Å². The molecule has 7 heteroatoms. The minimum Gasteiger partial charge on any atom is -0.486 e. The first-order chi connectivity index (χ1) is 12.1. The molecule has 0 unspecified atom stereocenters. The summed E-state index contributed by atoms with van der Waals surface area (Å²) in [6, 6.07) is 9.52. The Morgan fingerprint density at radius 1 is 1.08 bits per heavy atom. The molecule has 0 spiro atoms. The second kappa shape index (κ2) is 7.44. The summed E-state index contributed by atoms with van der Waals surface area (Å²) in [5, 5.41) is 5.88. The van der Waals surface area contributed by atoms with E-state index >= 15 is 0 Å². The van der Waals surface area contributed by atoms with Crippen molar-refractivity contribution in [2.75, 3.05) is 23.8 Å². The van der Waals surface area contributed by atoms with Gasteiger partial charge in [0, 0.05) is 28.8 Å². The number of carbonyl (C=O) groups is 2. The van der Waals surface area contributed by atoms with E-state index in [1.54, 1.807) is 43.3 Å². The van der Waals surface area contributed by atoms with Gasteiger partial charge in [-0.15, -0.1) is 0 Å². The maximum absolute atomic E-state index is 12.3. The summed E-state index contributed by atoms with van der Waals surface area (Å²) in [5.74, 6) is 0.899. The number of hydrogen-bond acceptors (Lipinski definition) is 4. The van der Waals surface area contributed by atoms with Gasteiger partial charge >= 0.3 is 6.03 Å². The number of hydrogen-bond donors (Lipinski definition) is 2. The molecule has 0 radical (unpaired) electrons. The lowest BCUT2D eigenvalue weighted by Gasteiger charge is -2.21. The predicted octanol–water partition coefficient (Wildman–Crippen LogP) is 4.35. The van der Waals surface area contributed by atoms with Gasteiger partial charge in [0.2, 0.25) is 0 Å². The summed E-state index contributed by atoms with van der Waals surface area (Å²) in [5.41, 5.74) is 1.30. The molecule has 0 atom stereocenters. The number of halogens is 1. The summed E-state index contributed by atoms with van der Waals surface area (Å²) in [6.45, 7) is 2.60. The molecular formula is C18H17ClN2O4. The first-order valence-electron chi connectivity index (χ1n) is 7.87. The molecular weight excluding hydrogens is 344 g/mol. The Kier molecular flexibility index (Phi) is 5.09. The SMILES string of the molecule is CCC(=O)c1cc2c(cc1NC(=O)Nc1cccc(Cl)c1)OCCO2. The molecule has 1 heterocycles. The fourth-order valence-corrected chi connectivity index (χ4v) is 2.65. The number of anilines is 2. The summed E-state index contributed by atoms with van der Waals surface area (Å²) < 4.78 is 11.0. The van der Waals surface area contributed by atoms with Crippen molar-refractivity contribution in [2.45, 2.75) is 13.3 Å². The molecule has 0 aliphatic carbocycles. The van der Waals surface area contributed by atoms with Crippen LogP contribution in [0, 0.1) is 0 Å². The number of nitrogens with one attached hydrogen (secondary N) is 2. The fourth-order valence-electron chi connectivity index (χ4n) is 2.46. The molecule has 2 N–H and O–H groups in total. The molecule has 0 saturated carbocycles. The third-order valence-corrected chi connectivity index (χ3v) is 3.87. The van der Waals surface area contributed by atoms with Crippen molar-refractivity contribution in [3.05, 3.63) is 47.0 Å². The maximum atomic E-state index is 12.3. The second-order valence-corrected chi connectivity index (χ2v) is 5.84. The van der Waals surface area contributed by atoms with E-state index in [-0.39, 0.29) is 5.78 Å². The Morgan fingerprint density at radius 2 is 1.80 bits per heavy atom. The first kappa shape index (κ1) is 17.1. The van der Waals surface area contributed by atoms with Crippen LogP contribution in [-0.2, 0) is 0 Å². The number of ether oxygens (including phenoxy) is 2. The van der Waals surface area contributed by atoms with Crippen LogP contribution in [0.25, 0.3) is 0 Å². The number of amides is 2. The van der Waals surface area contributed by atoms with Gasteiger partial charge in [-0.1, -0.05) is 24.6 Å². The largest absolute Gasteiger partial charge is 0.486 e. The van der Waals surface area contributed by atoms with Gasteiger partial charge in [0.25, 0.3) is 0 Å². The van der Waals surface area contributed by atoms with Crippen LogP contribution in [0.4, 0.5) is 16.2 Å². The van der Waals surface area contributed by atoms with E-state index in [1.165, 1.54) is 0 Å². The molecule has 0 fully saturated rings. The summed E-state index contributed by atoms with van der Waals surface area (Å²) >= 11 is 5.91. The van der Waals surface area contributed by atoms with E-state index in [0.717, 1.165) is 0 Å². The zero-order valence-electron chi connectivity index (χ0n) is 13.6. The van der Waals surface area contributed by atoms with Gasteiger partial charge < -0.3 is 20.1 Å². The normalized spacial score (nSPS) is 12.4. The molecule has 1 aliphatic rings. The van der Waals surface area contributed by atoms with Crippen LogP contribution in [0.2, 0.25) is 5.02 Å². The van der Waals surface area contributed by atoms with Crippen LogP contribution in [-0.4, -0.2) is 25.0 Å². The van der Waals surface area contributed by atoms with Crippen molar-refractivity contribution in [3.63, 3.8) is 0 Å². The number of ketones is 1. The van der Waals surface area contributed by atoms with E-state index in [9.17, 15) is 9.59 Å². The smallest absolute Gasteiger partial charge is 0.323 e. The lowest BCUT2D eigenvalue weighted by molar-refractivity contribution is 0.0988. The number of benzene rings is 2. The van der Waals surface area contributed by atoms with Gasteiger partial charge in [0.05, 0.1) is 5.69 Å². The van der Waals surface area contributed by atoms with E-state index in [2.05, 4.69) is 10.6 Å². The summed E-state index contributed by atoms with van der Waals surface area (Å²) in [6.07, 6.45) is 0.310. The fraction of sp³-hybridized carbons (Fsp3) is 0.222. The topological polar surface area (TPSA) is 76.7 Å². The highest BCUT2D eigenvalue weighted by atomic mass is 35.5. The molecule has 3 rings (SSSR count). The van der Waals surface area contributed by atoms with Gasteiger partial charge in [-0.3, -0.25) is 4.79 Å². The van der Waals surface area contributed by atoms with E-state index < -0.39 is 6.03 Å². The van der Waals surface area contributed by atoms with Crippen molar-refractivity contribution in [2.24, 2.45) is 0 Å². The third-order valence-electron chi connectivity index (χ3n) is 3.63. The van der Waals surface area contributed by atoms with Crippen LogP contribution in [0.15, 0.2) is 36.4 Å². The van der Waals surface area contributed by atoms with Gasteiger partial charge in [-0.25, -0.2) is 4.79 Å². The van der Waals surface area contributed by atoms with Crippen molar-refractivity contribution in [1.82, 2.24) is 0 Å². The Labute approximate surface area is 150 Å². The molecule has 0 aromatic heterocycles. The maximum Gasteiger partial charge on any atom is 0.323 e. The van der Waals surface area contributed by atoms with Crippen LogP contribution >= 0.6 is 11.6 Å². The van der Waals surface area contributed by atoms with Crippen molar-refractivity contribution < 1.29 is 19.1 Å². The Hall–Kier alpha value is -2.73. The van der Waals surface area contributed by atoms with E-state index in [0.29, 0.717) is 53.1 Å². The molecule has 2 amide bonds. The van der Waals surface area contributed by atoms with Crippen LogP contribution in [0.5, 0.6) is 11.5 Å². The van der Waals surface area contributed by atoms with E-state index in [1.807, 2.05) is 0 Å². The monoisotopic (exact) mass is 360 g/mol. The first-order valence-corrected chi connectivity index (χ1v) is 8.25. The highest BCUT2D eigenvalue weighted by Gasteiger charge is 2.20. The van der Waals surface area contributed by atoms with Crippen molar-refractivity contribution in [1.29, 1.82) is 0 Å². The van der Waals surface area contributed by atoms with Gasteiger partial charge in [0.15, 0.2) is 17.3 Å². The molecule has 25 heavy (non-hydrogen) atoms. The van der Waals surface area contributed by atoms with Crippen LogP contribution in [0.3, 0.4) is 0 Å². The third kappa shape index (κ3) is 4.03. The van der Waals surface area contributed by atoms with Crippen molar-refractivity contribution in [3.8, 4) is 11.5 Å². The standard InChI is InChI=1S/C18H17ClN2O4/c1-2-15(22)13-9-16-17(25-7-6-24-16)10-14(13)21-18(23)20-12-5-3-4-11(19)8-12/h3-5,8-10H,2,6-7H2,1H3,(H2,20,21,23). The molecule has 0 bridgehead atoms. The Bertz CT molecular complexity index is 823. The average Bonchev–Trinajstić information content (AvgIpc) is 2.60. The highest BCUT2D eigenvalue weighted by molar-refractivity contribution is 6.30. The molecule has 2 aromatic carbocycles. The second-order valence-electron chi connectivity index (χ2n) is 5.41. The lowest BCUT2D eigenvalue weighted by atomic mass is 10.1. The van der Waals surface area contributed by atoms with Crippen molar-refractivity contribution >= 4 is 34.8 Å². The zero-order valence-corrected chi connectivity index (χ0v) is 14.4. The Morgan fingerprint density at radius 3 is 2.48 bits per heavy atom. The lowest BCUT2D eigenvalue weighted by Crippen LogP contribution is -2.22. The number of carbonyl (C=O) groups excluding carboxylic acids is 2. The molecule has 0 saturated heterocycles. The quantitative estimate of drug-likeness (QED) is 0.795. The Balaban J connectivity index is 1.84. The van der Waals surface area contributed by atoms with Crippen LogP contribution in [0.1, 0.15) is 23.7 Å². The number of fused-ring (bicyclic) bond motifs is 1. The summed E-state index contributed by atoms with van der Waals surface area (Å²) in [4.78, 5) is 24.5. The predicted molar refractivity (Wildman–Crippen MR) is 96.1 cm³/mol. The summed E-state index contributed by atoms with van der Waals surface area (Å²) in [7, 11) is 0.